The fourth-order valence-corrected chi connectivity index (χ4v) is 3.72. The Morgan fingerprint density at radius 3 is 3.05 bits per heavy atom. The minimum Gasteiger partial charge on any atom is -0.394 e. The van der Waals surface area contributed by atoms with Crippen LogP contribution in [0.3, 0.4) is 0 Å². The van der Waals surface area contributed by atoms with E-state index in [9.17, 15) is 9.90 Å². The molecule has 0 atom stereocenters. The van der Waals surface area contributed by atoms with Crippen molar-refractivity contribution in [2.45, 2.75) is 37.8 Å². The Morgan fingerprint density at radius 2 is 2.37 bits per heavy atom. The molecule has 2 aliphatic rings. The van der Waals surface area contributed by atoms with E-state index in [1.54, 1.807) is 11.3 Å². The molecule has 1 aromatic rings. The van der Waals surface area contributed by atoms with Gasteiger partial charge in [-0.15, -0.1) is 11.3 Å². The van der Waals surface area contributed by atoms with Crippen LogP contribution in [0.25, 0.3) is 0 Å². The van der Waals surface area contributed by atoms with Crippen LogP contribution in [0.5, 0.6) is 0 Å². The fourth-order valence-electron chi connectivity index (χ4n) is 2.83. The SMILES string of the molecule is O=C(CNC1(CO)CCC1)N1CCc2sccc2C1. The number of nitrogens with zero attached hydrogens (tertiary/aromatic N) is 1. The first-order chi connectivity index (χ1) is 9.22. The lowest BCUT2D eigenvalue weighted by molar-refractivity contribution is -0.131. The third-order valence-corrected chi connectivity index (χ3v) is 5.41. The van der Waals surface area contributed by atoms with Gasteiger partial charge in [0.1, 0.15) is 0 Å². The zero-order valence-corrected chi connectivity index (χ0v) is 11.8. The maximum absolute atomic E-state index is 12.2. The van der Waals surface area contributed by atoms with Crippen molar-refractivity contribution in [1.29, 1.82) is 0 Å². The molecule has 1 saturated carbocycles. The van der Waals surface area contributed by atoms with Crippen molar-refractivity contribution in [3.05, 3.63) is 21.9 Å². The van der Waals surface area contributed by atoms with Crippen LogP contribution in [0.2, 0.25) is 0 Å². The molecule has 19 heavy (non-hydrogen) atoms. The van der Waals surface area contributed by atoms with Crippen molar-refractivity contribution >= 4 is 17.2 Å². The zero-order chi connectivity index (χ0) is 13.3. The summed E-state index contributed by atoms with van der Waals surface area (Å²) in [6, 6.07) is 2.12. The summed E-state index contributed by atoms with van der Waals surface area (Å²) in [5.41, 5.74) is 1.11. The van der Waals surface area contributed by atoms with Crippen molar-refractivity contribution in [1.82, 2.24) is 10.2 Å². The summed E-state index contributed by atoms with van der Waals surface area (Å²) in [6.45, 7) is 2.04. The van der Waals surface area contributed by atoms with Crippen LogP contribution >= 0.6 is 11.3 Å². The van der Waals surface area contributed by atoms with E-state index in [4.69, 9.17) is 0 Å². The molecule has 1 aliphatic carbocycles. The van der Waals surface area contributed by atoms with Crippen molar-refractivity contribution in [2.75, 3.05) is 19.7 Å². The Morgan fingerprint density at radius 1 is 1.53 bits per heavy atom. The molecule has 0 spiro atoms. The number of carbonyl (C=O) groups is 1. The van der Waals surface area contributed by atoms with Crippen LogP contribution in [0.15, 0.2) is 11.4 Å². The minimum atomic E-state index is -0.182. The fraction of sp³-hybridized carbons (Fsp3) is 0.643. The van der Waals surface area contributed by atoms with Crippen LogP contribution < -0.4 is 5.32 Å². The van der Waals surface area contributed by atoms with Crippen molar-refractivity contribution in [3.8, 4) is 0 Å². The molecule has 0 aromatic carbocycles. The number of aliphatic hydroxyl groups excluding tert-OH is 1. The third kappa shape index (κ3) is 2.55. The molecule has 0 radical (unpaired) electrons. The quantitative estimate of drug-likeness (QED) is 0.869. The summed E-state index contributed by atoms with van der Waals surface area (Å²) >= 11 is 1.79. The maximum atomic E-state index is 12.2. The molecule has 1 aromatic heterocycles. The molecule has 1 fully saturated rings. The highest BCUT2D eigenvalue weighted by Crippen LogP contribution is 2.31. The van der Waals surface area contributed by atoms with E-state index in [-0.39, 0.29) is 18.1 Å². The van der Waals surface area contributed by atoms with E-state index >= 15 is 0 Å². The molecular formula is C14H20N2O2S. The van der Waals surface area contributed by atoms with Crippen LogP contribution in [0.4, 0.5) is 0 Å². The molecule has 2 N–H and O–H groups in total. The number of hydrogen-bond acceptors (Lipinski definition) is 4. The molecule has 1 amide bonds. The second-order valence-corrected chi connectivity index (χ2v) is 6.58. The van der Waals surface area contributed by atoms with E-state index < -0.39 is 0 Å². The van der Waals surface area contributed by atoms with Crippen LogP contribution in [-0.2, 0) is 17.8 Å². The van der Waals surface area contributed by atoms with Crippen LogP contribution in [0, 0.1) is 0 Å². The summed E-state index contributed by atoms with van der Waals surface area (Å²) in [5.74, 6) is 0.150. The summed E-state index contributed by atoms with van der Waals surface area (Å²) in [7, 11) is 0. The average Bonchev–Trinajstić information content (AvgIpc) is 2.84. The van der Waals surface area contributed by atoms with Gasteiger partial charge in [0.2, 0.25) is 5.91 Å². The summed E-state index contributed by atoms with van der Waals surface area (Å²) in [5, 5.41) is 14.7. The average molecular weight is 280 g/mol. The predicted octanol–water partition coefficient (Wildman–Crippen LogP) is 1.14. The normalized spacial score (nSPS) is 20.8. The van der Waals surface area contributed by atoms with E-state index in [0.717, 1.165) is 38.8 Å². The highest BCUT2D eigenvalue weighted by atomic mass is 32.1. The van der Waals surface area contributed by atoms with Gasteiger partial charge in [0.15, 0.2) is 0 Å². The monoisotopic (exact) mass is 280 g/mol. The number of aliphatic hydroxyl groups is 1. The molecule has 3 rings (SSSR count). The first-order valence-electron chi connectivity index (χ1n) is 6.91. The lowest BCUT2D eigenvalue weighted by atomic mass is 9.77. The number of thiophene rings is 1. The number of amides is 1. The molecule has 0 unspecified atom stereocenters. The molecule has 5 heteroatoms. The van der Waals surface area contributed by atoms with E-state index in [1.807, 2.05) is 4.90 Å². The Labute approximate surface area is 117 Å². The first-order valence-corrected chi connectivity index (χ1v) is 7.79. The van der Waals surface area contributed by atoms with Gasteiger partial charge in [0.25, 0.3) is 0 Å². The Hall–Kier alpha value is -0.910. The molecule has 4 nitrogen and oxygen atoms in total. The number of fused-ring (bicyclic) bond motifs is 1. The largest absolute Gasteiger partial charge is 0.394 e. The van der Waals surface area contributed by atoms with Gasteiger partial charge in [-0.05, 0) is 42.7 Å². The van der Waals surface area contributed by atoms with E-state index in [2.05, 4.69) is 16.8 Å². The topological polar surface area (TPSA) is 52.6 Å². The van der Waals surface area contributed by atoms with Crippen LogP contribution in [0.1, 0.15) is 29.7 Å². The second-order valence-electron chi connectivity index (χ2n) is 5.58. The minimum absolute atomic E-state index is 0.134. The predicted molar refractivity (Wildman–Crippen MR) is 75.1 cm³/mol. The lowest BCUT2D eigenvalue weighted by Crippen LogP contribution is -2.56. The summed E-state index contributed by atoms with van der Waals surface area (Å²) in [6.07, 6.45) is 4.07. The van der Waals surface area contributed by atoms with Gasteiger partial charge in [0.05, 0.1) is 13.2 Å². The van der Waals surface area contributed by atoms with Gasteiger partial charge < -0.3 is 15.3 Å². The molecule has 0 bridgehead atoms. The molecular weight excluding hydrogens is 260 g/mol. The third-order valence-electron chi connectivity index (χ3n) is 4.39. The van der Waals surface area contributed by atoms with Crippen LogP contribution in [-0.4, -0.2) is 41.1 Å². The summed E-state index contributed by atoms with van der Waals surface area (Å²) < 4.78 is 0. The smallest absolute Gasteiger partial charge is 0.236 e. The molecule has 104 valence electrons. The van der Waals surface area contributed by atoms with Gasteiger partial charge in [-0.25, -0.2) is 0 Å². The molecule has 1 aliphatic heterocycles. The maximum Gasteiger partial charge on any atom is 0.236 e. The van der Waals surface area contributed by atoms with Gasteiger partial charge in [0, 0.05) is 23.5 Å². The number of hydrogen-bond donors (Lipinski definition) is 2. The number of nitrogens with one attached hydrogen (secondary N) is 1. The van der Waals surface area contributed by atoms with Gasteiger partial charge in [-0.1, -0.05) is 0 Å². The second kappa shape index (κ2) is 5.23. The van der Waals surface area contributed by atoms with Crippen molar-refractivity contribution in [3.63, 3.8) is 0 Å². The highest BCUT2D eigenvalue weighted by Gasteiger charge is 2.36. The Kier molecular flexibility index (Phi) is 3.60. The van der Waals surface area contributed by atoms with E-state index in [0.29, 0.717) is 6.54 Å². The molecule has 2 heterocycles. The standard InChI is InChI=1S/C14H20N2O2S/c17-10-14(4-1-5-14)15-8-13(18)16-6-2-12-11(9-16)3-7-19-12/h3,7,15,17H,1-2,4-6,8-10H2. The first kappa shape index (κ1) is 13.1. The van der Waals surface area contributed by atoms with Crippen molar-refractivity contribution < 1.29 is 9.90 Å². The zero-order valence-electron chi connectivity index (χ0n) is 11.0. The number of rotatable bonds is 4. The Bertz CT molecular complexity index is 462. The van der Waals surface area contributed by atoms with Gasteiger partial charge in [-0.2, -0.15) is 0 Å². The number of carbonyl (C=O) groups excluding carboxylic acids is 1. The summed E-state index contributed by atoms with van der Waals surface area (Å²) in [4.78, 5) is 15.6. The lowest BCUT2D eigenvalue weighted by Gasteiger charge is -2.41. The highest BCUT2D eigenvalue weighted by molar-refractivity contribution is 7.10. The van der Waals surface area contributed by atoms with Gasteiger partial charge in [-0.3, -0.25) is 4.79 Å². The van der Waals surface area contributed by atoms with Gasteiger partial charge >= 0.3 is 0 Å². The van der Waals surface area contributed by atoms with E-state index in [1.165, 1.54) is 10.4 Å². The molecule has 0 saturated heterocycles. The van der Waals surface area contributed by atoms with Crippen molar-refractivity contribution in [2.24, 2.45) is 0 Å². The Balaban J connectivity index is 1.54.